The molecule has 0 unspecified atom stereocenters. The number of hydrogen-bond donors (Lipinski definition) is 2. The molecule has 0 radical (unpaired) electrons. The summed E-state index contributed by atoms with van der Waals surface area (Å²) in [4.78, 5) is 6.32. The van der Waals surface area contributed by atoms with Gasteiger partial charge in [0.1, 0.15) is 0 Å². The normalized spacial score (nSPS) is 11.4. The first-order chi connectivity index (χ1) is 10.7. The van der Waals surface area contributed by atoms with E-state index in [2.05, 4.69) is 58.9 Å². The zero-order valence-corrected chi connectivity index (χ0v) is 14.4. The third-order valence-corrected chi connectivity index (χ3v) is 3.43. The van der Waals surface area contributed by atoms with Crippen LogP contribution in [-0.4, -0.2) is 53.9 Å². The van der Waals surface area contributed by atoms with Crippen LogP contribution in [0.3, 0.4) is 0 Å². The average Bonchev–Trinajstić information content (AvgIpc) is 2.53. The van der Waals surface area contributed by atoms with Gasteiger partial charge in [0, 0.05) is 53.6 Å². The molecule has 0 heterocycles. The van der Waals surface area contributed by atoms with Gasteiger partial charge in [0.2, 0.25) is 0 Å². The number of rotatable bonds is 9. The van der Waals surface area contributed by atoms with Crippen LogP contribution in [-0.2, 0) is 11.2 Å². The number of benzene rings is 1. The number of guanidine groups is 1. The molecule has 1 aromatic carbocycles. The molecule has 0 aliphatic rings. The van der Waals surface area contributed by atoms with E-state index in [1.165, 1.54) is 11.3 Å². The second-order valence-corrected chi connectivity index (χ2v) is 5.44. The first kappa shape index (κ1) is 18.3. The highest BCUT2D eigenvalue weighted by molar-refractivity contribution is 5.79. The van der Waals surface area contributed by atoms with E-state index in [0.29, 0.717) is 0 Å². The lowest BCUT2D eigenvalue weighted by molar-refractivity contribution is 0.195. The summed E-state index contributed by atoms with van der Waals surface area (Å²) < 4.78 is 5.02. The van der Waals surface area contributed by atoms with E-state index < -0.39 is 0 Å². The maximum Gasteiger partial charge on any atom is 0.190 e. The summed E-state index contributed by atoms with van der Waals surface area (Å²) in [6.45, 7) is 2.56. The van der Waals surface area contributed by atoms with Crippen molar-refractivity contribution < 1.29 is 4.74 Å². The Bertz CT molecular complexity index is 429. The van der Waals surface area contributed by atoms with Gasteiger partial charge in [-0.2, -0.15) is 0 Å². The van der Waals surface area contributed by atoms with E-state index in [0.717, 1.165) is 44.9 Å². The van der Waals surface area contributed by atoms with Crippen molar-refractivity contribution in [3.05, 3.63) is 29.8 Å². The highest BCUT2D eigenvalue weighted by Crippen LogP contribution is 2.13. The summed E-state index contributed by atoms with van der Waals surface area (Å²) in [5.74, 6) is 0.860. The largest absolute Gasteiger partial charge is 0.385 e. The number of ether oxygens (including phenoxy) is 1. The molecule has 22 heavy (non-hydrogen) atoms. The molecule has 0 atom stereocenters. The Balaban J connectivity index is 2.20. The van der Waals surface area contributed by atoms with Crippen molar-refractivity contribution in [1.82, 2.24) is 10.6 Å². The van der Waals surface area contributed by atoms with Crippen molar-refractivity contribution in [2.45, 2.75) is 19.3 Å². The highest BCUT2D eigenvalue weighted by Gasteiger charge is 1.99. The number of methoxy groups -OCH3 is 1. The van der Waals surface area contributed by atoms with Gasteiger partial charge in [-0.3, -0.25) is 4.99 Å². The third-order valence-electron chi connectivity index (χ3n) is 3.43. The molecular weight excluding hydrogens is 276 g/mol. The summed E-state index contributed by atoms with van der Waals surface area (Å²) in [6, 6.07) is 8.73. The maximum atomic E-state index is 5.02. The lowest BCUT2D eigenvalue weighted by Crippen LogP contribution is -2.38. The predicted molar refractivity (Wildman–Crippen MR) is 94.9 cm³/mol. The van der Waals surface area contributed by atoms with Crippen LogP contribution >= 0.6 is 0 Å². The van der Waals surface area contributed by atoms with Gasteiger partial charge < -0.3 is 20.3 Å². The van der Waals surface area contributed by atoms with Crippen LogP contribution in [0.2, 0.25) is 0 Å². The average molecular weight is 306 g/mol. The number of hydrogen-bond acceptors (Lipinski definition) is 3. The minimum Gasteiger partial charge on any atom is -0.385 e. The Morgan fingerprint density at radius 3 is 2.27 bits per heavy atom. The molecule has 0 saturated heterocycles. The Labute approximate surface area is 134 Å². The fraction of sp³-hybridized carbons (Fsp3) is 0.588. The highest BCUT2D eigenvalue weighted by atomic mass is 16.5. The Hall–Kier alpha value is -1.75. The van der Waals surface area contributed by atoms with Crippen LogP contribution in [0.15, 0.2) is 29.3 Å². The minimum absolute atomic E-state index is 0.771. The first-order valence-electron chi connectivity index (χ1n) is 7.87. The molecule has 5 nitrogen and oxygen atoms in total. The molecule has 0 saturated carbocycles. The van der Waals surface area contributed by atoms with Gasteiger partial charge in [-0.15, -0.1) is 0 Å². The van der Waals surface area contributed by atoms with Gasteiger partial charge in [0.25, 0.3) is 0 Å². The predicted octanol–water partition coefficient (Wildman–Crippen LogP) is 1.89. The van der Waals surface area contributed by atoms with Gasteiger partial charge in [-0.1, -0.05) is 12.1 Å². The Morgan fingerprint density at radius 1 is 1.09 bits per heavy atom. The van der Waals surface area contributed by atoms with Crippen molar-refractivity contribution in [3.8, 4) is 0 Å². The fourth-order valence-electron chi connectivity index (χ4n) is 2.10. The molecule has 5 heteroatoms. The number of aryl methyl sites for hydroxylation is 1. The quantitative estimate of drug-likeness (QED) is 0.415. The summed E-state index contributed by atoms with van der Waals surface area (Å²) in [7, 11) is 7.64. The van der Waals surface area contributed by atoms with Crippen molar-refractivity contribution in [3.63, 3.8) is 0 Å². The third kappa shape index (κ3) is 7.31. The summed E-state index contributed by atoms with van der Waals surface area (Å²) in [5.41, 5.74) is 2.61. The van der Waals surface area contributed by atoms with Crippen molar-refractivity contribution in [2.24, 2.45) is 4.99 Å². The number of aliphatic imine (C=N–C) groups is 1. The monoisotopic (exact) mass is 306 g/mol. The van der Waals surface area contributed by atoms with Crippen LogP contribution in [0.5, 0.6) is 0 Å². The van der Waals surface area contributed by atoms with Gasteiger partial charge in [0.15, 0.2) is 5.96 Å². The van der Waals surface area contributed by atoms with E-state index in [-0.39, 0.29) is 0 Å². The topological polar surface area (TPSA) is 48.9 Å². The second kappa shape index (κ2) is 10.9. The molecule has 0 amide bonds. The Morgan fingerprint density at radius 2 is 1.73 bits per heavy atom. The SMILES string of the molecule is CN=C(NCCCOC)NCCCc1ccc(N(C)C)cc1. The molecule has 0 fully saturated rings. The molecule has 2 N–H and O–H groups in total. The second-order valence-electron chi connectivity index (χ2n) is 5.44. The lowest BCUT2D eigenvalue weighted by Gasteiger charge is -2.13. The number of nitrogens with one attached hydrogen (secondary N) is 2. The van der Waals surface area contributed by atoms with E-state index in [9.17, 15) is 0 Å². The molecule has 0 bridgehead atoms. The molecule has 0 aromatic heterocycles. The van der Waals surface area contributed by atoms with Crippen LogP contribution in [0, 0.1) is 0 Å². The summed E-state index contributed by atoms with van der Waals surface area (Å²) in [6.07, 6.45) is 3.14. The molecule has 0 aliphatic carbocycles. The molecular formula is C17H30N4O. The van der Waals surface area contributed by atoms with Gasteiger partial charge in [0.05, 0.1) is 0 Å². The number of nitrogens with zero attached hydrogens (tertiary/aromatic N) is 2. The molecule has 0 spiro atoms. The van der Waals surface area contributed by atoms with Crippen LogP contribution in [0.25, 0.3) is 0 Å². The van der Waals surface area contributed by atoms with Crippen LogP contribution in [0.4, 0.5) is 5.69 Å². The summed E-state index contributed by atoms with van der Waals surface area (Å²) >= 11 is 0. The fourth-order valence-corrected chi connectivity index (χ4v) is 2.10. The zero-order valence-electron chi connectivity index (χ0n) is 14.4. The standard InChI is InChI=1S/C17H30N4O/c1-18-17(20-13-6-14-22-4)19-12-5-7-15-8-10-16(11-9-15)21(2)3/h8-11H,5-7,12-14H2,1-4H3,(H2,18,19,20). The lowest BCUT2D eigenvalue weighted by atomic mass is 10.1. The maximum absolute atomic E-state index is 5.02. The zero-order chi connectivity index (χ0) is 16.2. The molecule has 1 rings (SSSR count). The van der Waals surface area contributed by atoms with E-state index in [1.807, 2.05) is 0 Å². The smallest absolute Gasteiger partial charge is 0.190 e. The molecule has 124 valence electrons. The minimum atomic E-state index is 0.771. The first-order valence-corrected chi connectivity index (χ1v) is 7.87. The van der Waals surface area contributed by atoms with Crippen LogP contribution in [0.1, 0.15) is 18.4 Å². The van der Waals surface area contributed by atoms with E-state index in [1.54, 1.807) is 14.2 Å². The number of anilines is 1. The van der Waals surface area contributed by atoms with Crippen molar-refractivity contribution in [2.75, 3.05) is 52.8 Å². The van der Waals surface area contributed by atoms with Gasteiger partial charge in [-0.25, -0.2) is 0 Å². The molecule has 0 aliphatic heterocycles. The van der Waals surface area contributed by atoms with E-state index in [4.69, 9.17) is 4.74 Å². The van der Waals surface area contributed by atoms with E-state index >= 15 is 0 Å². The van der Waals surface area contributed by atoms with Crippen molar-refractivity contribution in [1.29, 1.82) is 0 Å². The van der Waals surface area contributed by atoms with Crippen LogP contribution < -0.4 is 15.5 Å². The Kier molecular flexibility index (Phi) is 9.07. The molecule has 1 aromatic rings. The van der Waals surface area contributed by atoms with Gasteiger partial charge >= 0.3 is 0 Å². The van der Waals surface area contributed by atoms with Crippen molar-refractivity contribution >= 4 is 11.6 Å². The van der Waals surface area contributed by atoms with Gasteiger partial charge in [-0.05, 0) is 37.0 Å². The summed E-state index contributed by atoms with van der Waals surface area (Å²) in [5, 5.41) is 6.61.